The molecule has 0 saturated heterocycles. The van der Waals surface area contributed by atoms with Gasteiger partial charge in [-0.25, -0.2) is 0 Å². The zero-order valence-electron chi connectivity index (χ0n) is 7.62. The zero-order chi connectivity index (χ0) is 9.68. The molecule has 1 aromatic heterocycles. The van der Waals surface area contributed by atoms with E-state index in [0.717, 1.165) is 11.3 Å². The maximum atomic E-state index is 5.37. The molecule has 0 fully saturated rings. The number of nitrogens with two attached hydrogens (primary N) is 1. The second kappa shape index (κ2) is 4.61. The van der Waals surface area contributed by atoms with Gasteiger partial charge in [0.05, 0.1) is 6.04 Å². The average Bonchev–Trinajstić information content (AvgIpc) is 2.14. The number of hydrogen-bond donors (Lipinski definition) is 2. The summed E-state index contributed by atoms with van der Waals surface area (Å²) in [6.07, 6.45) is 7.56. The lowest BCUT2D eigenvalue weighted by Crippen LogP contribution is -2.27. The molecule has 0 amide bonds. The highest BCUT2D eigenvalue weighted by Crippen LogP contribution is 2.14. The Kier molecular flexibility index (Phi) is 3.44. The summed E-state index contributed by atoms with van der Waals surface area (Å²) in [5.74, 6) is 7.95. The normalized spacial score (nSPS) is 12.1. The third-order valence-corrected chi connectivity index (χ3v) is 1.85. The van der Waals surface area contributed by atoms with Crippen molar-refractivity contribution in [3.05, 3.63) is 29.6 Å². The van der Waals surface area contributed by atoms with Crippen LogP contribution in [0.1, 0.15) is 23.7 Å². The van der Waals surface area contributed by atoms with Crippen LogP contribution >= 0.6 is 0 Å². The van der Waals surface area contributed by atoms with Crippen LogP contribution in [0.4, 0.5) is 0 Å². The van der Waals surface area contributed by atoms with E-state index in [4.69, 9.17) is 12.3 Å². The van der Waals surface area contributed by atoms with Crippen LogP contribution in [0.3, 0.4) is 0 Å². The van der Waals surface area contributed by atoms with Crippen molar-refractivity contribution in [3.63, 3.8) is 0 Å². The first-order chi connectivity index (χ1) is 6.27. The molecule has 1 rings (SSSR count). The van der Waals surface area contributed by atoms with Gasteiger partial charge in [-0.1, -0.05) is 0 Å². The monoisotopic (exact) mass is 175 g/mol. The van der Waals surface area contributed by atoms with Crippen LogP contribution in [0.2, 0.25) is 0 Å². The number of hydrazine groups is 1. The van der Waals surface area contributed by atoms with Crippen LogP contribution in [0.5, 0.6) is 0 Å². The fourth-order valence-electron chi connectivity index (χ4n) is 1.18. The summed E-state index contributed by atoms with van der Waals surface area (Å²) in [6.45, 7) is 1.94. The van der Waals surface area contributed by atoms with Crippen molar-refractivity contribution >= 4 is 0 Å². The first-order valence-electron chi connectivity index (χ1n) is 4.10. The van der Waals surface area contributed by atoms with Crippen molar-refractivity contribution in [3.8, 4) is 12.3 Å². The Morgan fingerprint density at radius 1 is 1.77 bits per heavy atom. The molecule has 1 atom stereocenters. The molecule has 3 N–H and O–H groups in total. The van der Waals surface area contributed by atoms with E-state index in [-0.39, 0.29) is 6.04 Å². The van der Waals surface area contributed by atoms with Crippen molar-refractivity contribution in [2.75, 3.05) is 0 Å². The molecular formula is C10H13N3. The van der Waals surface area contributed by atoms with E-state index >= 15 is 0 Å². The highest BCUT2D eigenvalue weighted by molar-refractivity contribution is 5.20. The molecule has 3 nitrogen and oxygen atoms in total. The lowest BCUT2D eigenvalue weighted by Gasteiger charge is -2.13. The topological polar surface area (TPSA) is 50.9 Å². The lowest BCUT2D eigenvalue weighted by molar-refractivity contribution is 0.567. The molecule has 13 heavy (non-hydrogen) atoms. The van der Waals surface area contributed by atoms with Crippen molar-refractivity contribution < 1.29 is 0 Å². The molecule has 3 heteroatoms. The average molecular weight is 175 g/mol. The molecule has 0 radical (unpaired) electrons. The summed E-state index contributed by atoms with van der Waals surface area (Å²) in [5, 5.41) is 0. The van der Waals surface area contributed by atoms with Gasteiger partial charge in [0.15, 0.2) is 0 Å². The largest absolute Gasteiger partial charge is 0.271 e. The first kappa shape index (κ1) is 9.72. The Labute approximate surface area is 78.3 Å². The third kappa shape index (κ3) is 2.55. The fraction of sp³-hybridized carbons (Fsp3) is 0.300. The molecule has 0 aliphatic carbocycles. The van der Waals surface area contributed by atoms with E-state index in [0.29, 0.717) is 6.42 Å². The minimum atomic E-state index is 0.0201. The second-order valence-electron chi connectivity index (χ2n) is 2.86. The van der Waals surface area contributed by atoms with E-state index in [2.05, 4.69) is 16.3 Å². The number of terminal acetylenes is 1. The fourth-order valence-corrected chi connectivity index (χ4v) is 1.18. The molecule has 0 saturated carbocycles. The number of rotatable bonds is 3. The van der Waals surface area contributed by atoms with Gasteiger partial charge in [-0.3, -0.25) is 16.3 Å². The summed E-state index contributed by atoms with van der Waals surface area (Å²) < 4.78 is 0. The number of aryl methyl sites for hydroxylation is 1. The van der Waals surface area contributed by atoms with Crippen molar-refractivity contribution in [1.82, 2.24) is 10.4 Å². The van der Waals surface area contributed by atoms with Gasteiger partial charge in [0.1, 0.15) is 0 Å². The van der Waals surface area contributed by atoms with Crippen molar-refractivity contribution in [1.29, 1.82) is 0 Å². The molecule has 0 aliphatic rings. The van der Waals surface area contributed by atoms with E-state index in [1.54, 1.807) is 6.20 Å². The minimum Gasteiger partial charge on any atom is -0.271 e. The predicted molar refractivity (Wildman–Crippen MR) is 52.5 cm³/mol. The van der Waals surface area contributed by atoms with Gasteiger partial charge < -0.3 is 0 Å². The quantitative estimate of drug-likeness (QED) is 0.408. The van der Waals surface area contributed by atoms with Crippen LogP contribution in [0.15, 0.2) is 18.3 Å². The van der Waals surface area contributed by atoms with Crippen LogP contribution in [0, 0.1) is 19.3 Å². The standard InChI is InChI=1S/C10H13N3/c1-3-4-10(13-11)9-5-6-12-8(2)7-9/h1,5-7,10,13H,4,11H2,2H3. The van der Waals surface area contributed by atoms with Gasteiger partial charge in [0.2, 0.25) is 0 Å². The van der Waals surface area contributed by atoms with Gasteiger partial charge in [0.25, 0.3) is 0 Å². The zero-order valence-corrected chi connectivity index (χ0v) is 7.62. The Bertz CT molecular complexity index is 314. The Balaban J connectivity index is 2.86. The molecule has 1 unspecified atom stereocenters. The van der Waals surface area contributed by atoms with Gasteiger partial charge in [-0.2, -0.15) is 0 Å². The molecule has 0 aromatic carbocycles. The Morgan fingerprint density at radius 2 is 2.54 bits per heavy atom. The van der Waals surface area contributed by atoms with E-state index in [9.17, 15) is 0 Å². The maximum Gasteiger partial charge on any atom is 0.0570 e. The number of pyridine rings is 1. The smallest absolute Gasteiger partial charge is 0.0570 e. The Hall–Kier alpha value is -1.37. The van der Waals surface area contributed by atoms with E-state index in [1.807, 2.05) is 19.1 Å². The minimum absolute atomic E-state index is 0.0201. The first-order valence-corrected chi connectivity index (χ1v) is 4.10. The molecular weight excluding hydrogens is 162 g/mol. The Morgan fingerprint density at radius 3 is 3.08 bits per heavy atom. The third-order valence-electron chi connectivity index (χ3n) is 1.85. The number of nitrogens with one attached hydrogen (secondary N) is 1. The van der Waals surface area contributed by atoms with Gasteiger partial charge in [-0.15, -0.1) is 12.3 Å². The summed E-state index contributed by atoms with van der Waals surface area (Å²) in [4.78, 5) is 4.10. The number of nitrogens with zero attached hydrogens (tertiary/aromatic N) is 1. The van der Waals surface area contributed by atoms with Gasteiger partial charge in [0, 0.05) is 18.3 Å². The summed E-state index contributed by atoms with van der Waals surface area (Å²) >= 11 is 0. The van der Waals surface area contributed by atoms with Crippen molar-refractivity contribution in [2.45, 2.75) is 19.4 Å². The van der Waals surface area contributed by atoms with E-state index < -0.39 is 0 Å². The van der Waals surface area contributed by atoms with Gasteiger partial charge >= 0.3 is 0 Å². The van der Waals surface area contributed by atoms with Gasteiger partial charge in [-0.05, 0) is 24.6 Å². The van der Waals surface area contributed by atoms with Crippen LogP contribution in [-0.2, 0) is 0 Å². The summed E-state index contributed by atoms with van der Waals surface area (Å²) in [7, 11) is 0. The highest BCUT2D eigenvalue weighted by Gasteiger charge is 2.07. The summed E-state index contributed by atoms with van der Waals surface area (Å²) in [5.41, 5.74) is 4.72. The summed E-state index contributed by atoms with van der Waals surface area (Å²) in [6, 6.07) is 3.91. The molecule has 0 aliphatic heterocycles. The molecule has 0 spiro atoms. The molecule has 1 heterocycles. The predicted octanol–water partition coefficient (Wildman–Crippen LogP) is 0.918. The SMILES string of the molecule is C#CCC(NN)c1ccnc(C)c1. The van der Waals surface area contributed by atoms with Crippen LogP contribution in [-0.4, -0.2) is 4.98 Å². The maximum absolute atomic E-state index is 5.37. The number of hydrogen-bond acceptors (Lipinski definition) is 3. The second-order valence-corrected chi connectivity index (χ2v) is 2.86. The van der Waals surface area contributed by atoms with Crippen molar-refractivity contribution in [2.24, 2.45) is 5.84 Å². The van der Waals surface area contributed by atoms with Crippen LogP contribution < -0.4 is 11.3 Å². The number of aromatic nitrogens is 1. The van der Waals surface area contributed by atoms with E-state index in [1.165, 1.54) is 0 Å². The molecule has 68 valence electrons. The highest BCUT2D eigenvalue weighted by atomic mass is 15.2. The van der Waals surface area contributed by atoms with Crippen LogP contribution in [0.25, 0.3) is 0 Å². The molecule has 0 bridgehead atoms. The molecule has 1 aromatic rings. The lowest BCUT2D eigenvalue weighted by atomic mass is 10.1.